The molecule has 12 heteroatoms. The molecule has 0 saturated heterocycles. The molecule has 3 aromatic heterocycles. The molecular weight excluding hydrogens is 721 g/mol. The number of esters is 1. The molecule has 1 aliphatic carbocycles. The molecule has 0 bridgehead atoms. The highest BCUT2D eigenvalue weighted by Crippen LogP contribution is 2.40. The first-order valence-corrected chi connectivity index (χ1v) is 19.9. The molecular formula is C42H44N4O6S2. The van der Waals surface area contributed by atoms with Crippen molar-refractivity contribution in [2.75, 3.05) is 19.0 Å². The Labute approximate surface area is 322 Å². The quantitative estimate of drug-likeness (QED) is 0.151. The SMILES string of the molecule is CCOC(=O)C1=C(C)N=c2s/c(=C\c3cc(C)n(-c4sc5c(c4C(=O)Nc4ccccc4)CCCC5)c3C)c(=O)n2[C@@H]1c1ccc(OC(C)C)c(OC)c1. The summed E-state index contributed by atoms with van der Waals surface area (Å²) in [4.78, 5) is 48.5. The number of benzene rings is 2. The van der Waals surface area contributed by atoms with Crippen molar-refractivity contribution in [3.63, 3.8) is 0 Å². The van der Waals surface area contributed by atoms with Gasteiger partial charge in [0.05, 0.1) is 47.2 Å². The molecule has 4 heterocycles. The smallest absolute Gasteiger partial charge is 0.338 e. The van der Waals surface area contributed by atoms with Gasteiger partial charge in [-0.2, -0.15) is 0 Å². The summed E-state index contributed by atoms with van der Waals surface area (Å²) in [6.07, 6.45) is 5.77. The van der Waals surface area contributed by atoms with Crippen molar-refractivity contribution in [3.8, 4) is 16.5 Å². The number of rotatable bonds is 10. The second-order valence-electron chi connectivity index (χ2n) is 13.8. The molecule has 0 radical (unpaired) electrons. The van der Waals surface area contributed by atoms with Crippen LogP contribution in [0.1, 0.15) is 89.9 Å². The maximum atomic E-state index is 14.5. The van der Waals surface area contributed by atoms with E-state index in [1.807, 2.05) is 70.2 Å². The number of fused-ring (bicyclic) bond motifs is 2. The minimum atomic E-state index is -0.806. The van der Waals surface area contributed by atoms with Crippen molar-refractivity contribution < 1.29 is 23.8 Å². The van der Waals surface area contributed by atoms with E-state index in [4.69, 9.17) is 19.2 Å². The summed E-state index contributed by atoms with van der Waals surface area (Å²) in [5, 5.41) is 4.02. The number of para-hydroxylation sites is 1. The van der Waals surface area contributed by atoms with Crippen molar-refractivity contribution in [2.24, 2.45) is 4.99 Å². The van der Waals surface area contributed by atoms with Crippen molar-refractivity contribution in [1.29, 1.82) is 0 Å². The Balaban J connectivity index is 1.35. The predicted octanol–water partition coefficient (Wildman–Crippen LogP) is 7.19. The number of carbonyl (C=O) groups excluding carboxylic acids is 2. The van der Waals surface area contributed by atoms with Gasteiger partial charge in [-0.15, -0.1) is 11.3 Å². The van der Waals surface area contributed by atoms with Crippen LogP contribution < -0.4 is 29.7 Å². The van der Waals surface area contributed by atoms with Gasteiger partial charge in [0.1, 0.15) is 5.00 Å². The fourth-order valence-corrected chi connectivity index (χ4v) is 9.89. The zero-order valence-corrected chi connectivity index (χ0v) is 33.2. The normalized spacial score (nSPS) is 15.5. The number of allylic oxidation sites excluding steroid dienone is 1. The number of methoxy groups -OCH3 is 1. The maximum Gasteiger partial charge on any atom is 0.338 e. The van der Waals surface area contributed by atoms with Gasteiger partial charge < -0.3 is 24.1 Å². The van der Waals surface area contributed by atoms with E-state index in [1.165, 1.54) is 16.2 Å². The van der Waals surface area contributed by atoms with Gasteiger partial charge in [-0.1, -0.05) is 35.6 Å². The Morgan fingerprint density at radius 3 is 2.50 bits per heavy atom. The minimum Gasteiger partial charge on any atom is -0.493 e. The van der Waals surface area contributed by atoms with E-state index in [1.54, 1.807) is 49.0 Å². The zero-order valence-electron chi connectivity index (χ0n) is 31.6. The molecule has 2 aliphatic rings. The van der Waals surface area contributed by atoms with Crippen LogP contribution in [0.5, 0.6) is 11.5 Å². The van der Waals surface area contributed by atoms with Crippen LogP contribution in [-0.4, -0.2) is 40.8 Å². The number of nitrogens with zero attached hydrogens (tertiary/aromatic N) is 3. The summed E-state index contributed by atoms with van der Waals surface area (Å²) in [6.45, 7) is 11.6. The van der Waals surface area contributed by atoms with E-state index >= 15 is 0 Å². The number of anilines is 1. The molecule has 0 saturated carbocycles. The summed E-state index contributed by atoms with van der Waals surface area (Å²) < 4.78 is 21.3. The van der Waals surface area contributed by atoms with Crippen LogP contribution in [0.15, 0.2) is 75.7 Å². The average molecular weight is 765 g/mol. The van der Waals surface area contributed by atoms with Gasteiger partial charge in [0.2, 0.25) is 0 Å². The Kier molecular flexibility index (Phi) is 10.5. The van der Waals surface area contributed by atoms with E-state index in [0.717, 1.165) is 58.9 Å². The highest BCUT2D eigenvalue weighted by atomic mass is 32.1. The zero-order chi connectivity index (χ0) is 38.3. The number of aromatic nitrogens is 2. The number of hydrogen-bond donors (Lipinski definition) is 1. The van der Waals surface area contributed by atoms with Gasteiger partial charge in [-0.25, -0.2) is 9.79 Å². The number of thiazole rings is 1. The molecule has 7 rings (SSSR count). The average Bonchev–Trinajstić information content (AvgIpc) is 3.77. The topological polar surface area (TPSA) is 113 Å². The van der Waals surface area contributed by atoms with Crippen molar-refractivity contribution in [3.05, 3.63) is 124 Å². The second kappa shape index (κ2) is 15.3. The van der Waals surface area contributed by atoms with Gasteiger partial charge in [-0.3, -0.25) is 14.2 Å². The molecule has 0 spiro atoms. The van der Waals surface area contributed by atoms with Crippen molar-refractivity contribution >= 4 is 46.3 Å². The van der Waals surface area contributed by atoms with Gasteiger partial charge in [0.25, 0.3) is 11.5 Å². The number of aryl methyl sites for hydroxylation is 2. The highest BCUT2D eigenvalue weighted by molar-refractivity contribution is 7.15. The van der Waals surface area contributed by atoms with Crippen LogP contribution in [0.3, 0.4) is 0 Å². The summed E-state index contributed by atoms with van der Waals surface area (Å²) in [5.74, 6) is 0.394. The Hall–Kier alpha value is -5.20. The third kappa shape index (κ3) is 6.84. The van der Waals surface area contributed by atoms with Crippen LogP contribution in [-0.2, 0) is 22.4 Å². The first kappa shape index (κ1) is 37.1. The first-order valence-electron chi connectivity index (χ1n) is 18.2. The Morgan fingerprint density at radius 1 is 1.02 bits per heavy atom. The van der Waals surface area contributed by atoms with Crippen LogP contribution >= 0.6 is 22.7 Å². The molecule has 1 amide bonds. The second-order valence-corrected chi connectivity index (χ2v) is 15.8. The molecule has 280 valence electrons. The van der Waals surface area contributed by atoms with Crippen LogP contribution in [0.4, 0.5) is 5.69 Å². The summed E-state index contributed by atoms with van der Waals surface area (Å²) in [7, 11) is 1.56. The van der Waals surface area contributed by atoms with Gasteiger partial charge in [0.15, 0.2) is 16.3 Å². The third-order valence-corrected chi connectivity index (χ3v) is 12.0. The first-order chi connectivity index (χ1) is 26.0. The molecule has 1 atom stereocenters. The lowest BCUT2D eigenvalue weighted by Crippen LogP contribution is -2.40. The third-order valence-electron chi connectivity index (χ3n) is 9.75. The molecule has 5 aromatic rings. The summed E-state index contributed by atoms with van der Waals surface area (Å²) in [5.41, 5.74) is 6.47. The molecule has 1 aliphatic heterocycles. The number of ether oxygens (including phenoxy) is 3. The molecule has 0 unspecified atom stereocenters. The predicted molar refractivity (Wildman–Crippen MR) is 213 cm³/mol. The van der Waals surface area contributed by atoms with Crippen LogP contribution in [0.2, 0.25) is 0 Å². The van der Waals surface area contributed by atoms with Crippen LogP contribution in [0.25, 0.3) is 11.1 Å². The summed E-state index contributed by atoms with van der Waals surface area (Å²) >= 11 is 2.95. The number of hydrogen-bond acceptors (Lipinski definition) is 9. The van der Waals surface area contributed by atoms with Crippen molar-refractivity contribution in [1.82, 2.24) is 9.13 Å². The fraction of sp³-hybridized carbons (Fsp3) is 0.333. The molecule has 2 aromatic carbocycles. The van der Waals surface area contributed by atoms with E-state index in [9.17, 15) is 14.4 Å². The number of thiophene rings is 1. The lowest BCUT2D eigenvalue weighted by atomic mass is 9.95. The number of nitrogens with one attached hydrogen (secondary N) is 1. The molecule has 1 N–H and O–H groups in total. The lowest BCUT2D eigenvalue weighted by molar-refractivity contribution is -0.139. The number of carbonyl (C=O) groups is 2. The Bertz CT molecular complexity index is 2480. The minimum absolute atomic E-state index is 0.0788. The summed E-state index contributed by atoms with van der Waals surface area (Å²) in [6, 6.07) is 16.2. The molecule has 54 heavy (non-hydrogen) atoms. The van der Waals surface area contributed by atoms with Gasteiger partial charge >= 0.3 is 5.97 Å². The lowest BCUT2D eigenvalue weighted by Gasteiger charge is -2.25. The molecule has 0 fully saturated rings. The fourth-order valence-electron chi connectivity index (χ4n) is 7.36. The van der Waals surface area contributed by atoms with E-state index in [0.29, 0.717) is 37.7 Å². The van der Waals surface area contributed by atoms with Gasteiger partial charge in [0, 0.05) is 22.0 Å². The highest BCUT2D eigenvalue weighted by Gasteiger charge is 2.34. The number of amides is 1. The Morgan fingerprint density at radius 2 is 1.78 bits per heavy atom. The van der Waals surface area contributed by atoms with Gasteiger partial charge in [-0.05, 0) is 120 Å². The standard InChI is InChI=1S/C42H44N4O6S2/c1-8-51-41(49)35-25(5)43-42-46(37(35)27-18-19-31(52-23(2)3)32(21-27)50-7)39(48)34(54-42)22-28-20-24(4)45(26(28)6)40-36(30-16-12-13-17-33(30)53-40)38(47)44-29-14-10-9-11-15-29/h9-11,14-15,18-23,37H,8,12-13,16-17H2,1-7H3,(H,44,47)/b34-22-/t37-/m1/s1. The van der Waals surface area contributed by atoms with E-state index in [-0.39, 0.29) is 29.8 Å². The van der Waals surface area contributed by atoms with E-state index in [2.05, 4.69) is 16.0 Å². The largest absolute Gasteiger partial charge is 0.493 e. The maximum absolute atomic E-state index is 14.5. The van der Waals surface area contributed by atoms with Crippen LogP contribution in [0, 0.1) is 13.8 Å². The van der Waals surface area contributed by atoms with Crippen molar-refractivity contribution in [2.45, 2.75) is 79.4 Å². The van der Waals surface area contributed by atoms with E-state index < -0.39 is 12.0 Å². The monoisotopic (exact) mass is 764 g/mol. The molecule has 10 nitrogen and oxygen atoms in total.